The summed E-state index contributed by atoms with van der Waals surface area (Å²) in [4.78, 5) is 22.4. The largest absolute Gasteiger partial charge is 0.497 e. The predicted molar refractivity (Wildman–Crippen MR) is 76.1 cm³/mol. The van der Waals surface area contributed by atoms with Crippen molar-refractivity contribution in [2.45, 2.75) is 6.10 Å². The van der Waals surface area contributed by atoms with Crippen molar-refractivity contribution in [3.05, 3.63) is 22.7 Å². The molecule has 1 rings (SSSR count). The van der Waals surface area contributed by atoms with Crippen molar-refractivity contribution in [1.29, 1.82) is 0 Å². The van der Waals surface area contributed by atoms with Crippen LogP contribution in [-0.2, 0) is 9.53 Å². The van der Waals surface area contributed by atoms with E-state index in [0.717, 1.165) is 0 Å². The molecule has 0 spiro atoms. The van der Waals surface area contributed by atoms with Crippen molar-refractivity contribution in [2.75, 3.05) is 26.1 Å². The minimum absolute atomic E-state index is 0.140. The number of ether oxygens (including phenoxy) is 2. The van der Waals surface area contributed by atoms with E-state index in [0.29, 0.717) is 15.9 Å². The quantitative estimate of drug-likeness (QED) is 0.728. The van der Waals surface area contributed by atoms with Crippen molar-refractivity contribution in [3.63, 3.8) is 0 Å². The molecule has 0 aliphatic carbocycles. The molecule has 3 N–H and O–H groups in total. The van der Waals surface area contributed by atoms with E-state index in [2.05, 4.69) is 26.6 Å². The van der Waals surface area contributed by atoms with Crippen LogP contribution in [0.2, 0.25) is 0 Å². The molecule has 0 heterocycles. The smallest absolute Gasteiger partial charge is 0.334 e. The number of nitrogens with one attached hydrogen (secondary N) is 2. The summed E-state index contributed by atoms with van der Waals surface area (Å²) in [6.07, 6.45) is -1.09. The van der Waals surface area contributed by atoms with Gasteiger partial charge in [0.15, 0.2) is 6.10 Å². The van der Waals surface area contributed by atoms with Gasteiger partial charge in [0.2, 0.25) is 0 Å². The number of carboxylic acid groups (broad SMARTS) is 1. The normalized spacial score (nSPS) is 11.6. The number of carboxylic acids is 1. The van der Waals surface area contributed by atoms with Crippen LogP contribution in [0.3, 0.4) is 0 Å². The molecule has 20 heavy (non-hydrogen) atoms. The molecule has 0 fully saturated rings. The monoisotopic (exact) mass is 346 g/mol. The molecule has 0 aliphatic rings. The summed E-state index contributed by atoms with van der Waals surface area (Å²) in [6.45, 7) is -0.140. The molecular weight excluding hydrogens is 332 g/mol. The van der Waals surface area contributed by atoms with E-state index in [1.54, 1.807) is 18.2 Å². The highest BCUT2D eigenvalue weighted by Gasteiger charge is 2.17. The van der Waals surface area contributed by atoms with E-state index in [1.807, 2.05) is 0 Å². The summed E-state index contributed by atoms with van der Waals surface area (Å²) in [7, 11) is 2.78. The van der Waals surface area contributed by atoms with E-state index in [9.17, 15) is 9.59 Å². The second kappa shape index (κ2) is 7.71. The van der Waals surface area contributed by atoms with Crippen molar-refractivity contribution in [2.24, 2.45) is 0 Å². The number of rotatable bonds is 6. The number of amides is 2. The molecule has 1 atom stereocenters. The molecule has 0 aliphatic heterocycles. The summed E-state index contributed by atoms with van der Waals surface area (Å²) in [5, 5.41) is 13.8. The first-order valence-corrected chi connectivity index (χ1v) is 6.41. The third kappa shape index (κ3) is 4.71. The maximum Gasteiger partial charge on any atom is 0.334 e. The molecule has 1 unspecified atom stereocenters. The zero-order chi connectivity index (χ0) is 15.1. The van der Waals surface area contributed by atoms with E-state index in [4.69, 9.17) is 14.6 Å². The van der Waals surface area contributed by atoms with Crippen LogP contribution in [0.4, 0.5) is 10.5 Å². The Labute approximate surface area is 124 Å². The molecule has 1 aromatic carbocycles. The van der Waals surface area contributed by atoms with Crippen molar-refractivity contribution in [3.8, 4) is 5.75 Å². The topological polar surface area (TPSA) is 96.9 Å². The van der Waals surface area contributed by atoms with Gasteiger partial charge in [0.1, 0.15) is 5.75 Å². The Morgan fingerprint density at radius 2 is 2.10 bits per heavy atom. The Hall–Kier alpha value is -1.80. The Morgan fingerprint density at radius 3 is 2.65 bits per heavy atom. The number of hydrogen-bond donors (Lipinski definition) is 3. The van der Waals surface area contributed by atoms with E-state index in [1.165, 1.54) is 14.2 Å². The highest BCUT2D eigenvalue weighted by Crippen LogP contribution is 2.26. The van der Waals surface area contributed by atoms with Crippen molar-refractivity contribution in [1.82, 2.24) is 5.32 Å². The lowest BCUT2D eigenvalue weighted by molar-refractivity contribution is -0.147. The third-order valence-electron chi connectivity index (χ3n) is 2.43. The highest BCUT2D eigenvalue weighted by molar-refractivity contribution is 9.10. The molecular formula is C12H15BrN2O5. The van der Waals surface area contributed by atoms with E-state index >= 15 is 0 Å². The highest BCUT2D eigenvalue weighted by atomic mass is 79.9. The summed E-state index contributed by atoms with van der Waals surface area (Å²) < 4.78 is 10.4. The summed E-state index contributed by atoms with van der Waals surface area (Å²) in [5.74, 6) is -0.556. The second-order valence-corrected chi connectivity index (χ2v) is 4.60. The fourth-order valence-corrected chi connectivity index (χ4v) is 1.70. The molecule has 0 aromatic heterocycles. The number of urea groups is 1. The number of hydrogen-bond acceptors (Lipinski definition) is 4. The first-order chi connectivity index (χ1) is 9.47. The number of carbonyl (C=O) groups is 2. The maximum atomic E-state index is 11.7. The van der Waals surface area contributed by atoms with Gasteiger partial charge in [-0.25, -0.2) is 9.59 Å². The fraction of sp³-hybridized carbons (Fsp3) is 0.333. The molecule has 1 aromatic rings. The van der Waals surface area contributed by atoms with E-state index in [-0.39, 0.29) is 6.54 Å². The van der Waals surface area contributed by atoms with Crippen molar-refractivity contribution < 1.29 is 24.2 Å². The molecule has 110 valence electrons. The lowest BCUT2D eigenvalue weighted by Gasteiger charge is -2.13. The van der Waals surface area contributed by atoms with Crippen LogP contribution in [0.1, 0.15) is 0 Å². The zero-order valence-corrected chi connectivity index (χ0v) is 12.6. The van der Waals surface area contributed by atoms with Gasteiger partial charge in [-0.15, -0.1) is 0 Å². The van der Waals surface area contributed by atoms with Crippen LogP contribution < -0.4 is 15.4 Å². The molecule has 8 heteroatoms. The van der Waals surface area contributed by atoms with Gasteiger partial charge in [0.05, 0.1) is 19.3 Å². The fourth-order valence-electron chi connectivity index (χ4n) is 1.35. The summed E-state index contributed by atoms with van der Waals surface area (Å²) >= 11 is 3.29. The van der Waals surface area contributed by atoms with Gasteiger partial charge in [-0.1, -0.05) is 0 Å². The van der Waals surface area contributed by atoms with Crippen molar-refractivity contribution >= 4 is 33.6 Å². The molecule has 2 amide bonds. The van der Waals surface area contributed by atoms with Gasteiger partial charge < -0.3 is 25.2 Å². The van der Waals surface area contributed by atoms with Crippen LogP contribution >= 0.6 is 15.9 Å². The summed E-state index contributed by atoms with van der Waals surface area (Å²) in [6, 6.07) is 4.55. The number of methoxy groups -OCH3 is 2. The lowest BCUT2D eigenvalue weighted by atomic mass is 10.3. The standard InChI is InChI=1S/C12H15BrN2O5/c1-19-7-3-4-8(13)9(5-7)15-12(18)14-6-10(20-2)11(16)17/h3-5,10H,6H2,1-2H3,(H,16,17)(H2,14,15,18). The van der Waals surface area contributed by atoms with Crippen LogP contribution in [-0.4, -0.2) is 44.0 Å². The number of anilines is 1. The molecule has 0 bridgehead atoms. The van der Waals surface area contributed by atoms with Crippen LogP contribution in [0.15, 0.2) is 22.7 Å². The second-order valence-electron chi connectivity index (χ2n) is 3.74. The molecule has 0 radical (unpaired) electrons. The first-order valence-electron chi connectivity index (χ1n) is 5.62. The molecule has 0 saturated heterocycles. The first kappa shape index (κ1) is 16.3. The zero-order valence-electron chi connectivity index (χ0n) is 11.0. The number of halogens is 1. The van der Waals surface area contributed by atoms with Crippen LogP contribution in [0.25, 0.3) is 0 Å². The van der Waals surface area contributed by atoms with Crippen LogP contribution in [0.5, 0.6) is 5.75 Å². The summed E-state index contributed by atoms with van der Waals surface area (Å²) in [5.41, 5.74) is 0.506. The Kier molecular flexibility index (Phi) is 6.26. The Balaban J connectivity index is 2.60. The number of aliphatic carboxylic acids is 1. The van der Waals surface area contributed by atoms with Gasteiger partial charge in [0, 0.05) is 17.6 Å². The average molecular weight is 347 g/mol. The molecule has 7 nitrogen and oxygen atoms in total. The minimum atomic E-state index is -1.14. The van der Waals surface area contributed by atoms with Crippen LogP contribution in [0, 0.1) is 0 Å². The number of carbonyl (C=O) groups excluding carboxylic acids is 1. The van der Waals surface area contributed by atoms with Gasteiger partial charge in [-0.05, 0) is 28.1 Å². The average Bonchev–Trinajstić information content (AvgIpc) is 2.41. The lowest BCUT2D eigenvalue weighted by Crippen LogP contribution is -2.39. The minimum Gasteiger partial charge on any atom is -0.497 e. The number of benzene rings is 1. The SMILES string of the molecule is COc1ccc(Br)c(NC(=O)NCC(OC)C(=O)O)c1. The van der Waals surface area contributed by atoms with Gasteiger partial charge in [0.25, 0.3) is 0 Å². The Morgan fingerprint density at radius 1 is 1.40 bits per heavy atom. The molecule has 0 saturated carbocycles. The van der Waals surface area contributed by atoms with Gasteiger partial charge >= 0.3 is 12.0 Å². The Bertz CT molecular complexity index is 495. The van der Waals surface area contributed by atoms with Gasteiger partial charge in [-0.2, -0.15) is 0 Å². The van der Waals surface area contributed by atoms with Gasteiger partial charge in [-0.3, -0.25) is 0 Å². The maximum absolute atomic E-state index is 11.7. The van der Waals surface area contributed by atoms with E-state index < -0.39 is 18.1 Å². The third-order valence-corrected chi connectivity index (χ3v) is 3.12. The predicted octanol–water partition coefficient (Wildman–Crippen LogP) is 1.68.